The van der Waals surface area contributed by atoms with Crippen LogP contribution in [0.25, 0.3) is 6.08 Å². The van der Waals surface area contributed by atoms with Crippen molar-refractivity contribution < 1.29 is 9.84 Å². The van der Waals surface area contributed by atoms with Gasteiger partial charge in [0, 0.05) is 18.8 Å². The molecule has 2 bridgehead atoms. The molecule has 1 aromatic carbocycles. The average Bonchev–Trinajstić information content (AvgIpc) is 2.44. The van der Waals surface area contributed by atoms with E-state index in [0.29, 0.717) is 5.92 Å². The molecule has 1 N–H and O–H groups in total. The Morgan fingerprint density at radius 1 is 1.20 bits per heavy atom. The Morgan fingerprint density at radius 3 is 2.40 bits per heavy atom. The molecule has 3 nitrogen and oxygen atoms in total. The van der Waals surface area contributed by atoms with E-state index >= 15 is 0 Å². The molecule has 20 heavy (non-hydrogen) atoms. The molecule has 4 rings (SSSR count). The summed E-state index contributed by atoms with van der Waals surface area (Å²) >= 11 is 0. The lowest BCUT2D eigenvalue weighted by Gasteiger charge is -2.45. The fourth-order valence-electron chi connectivity index (χ4n) is 3.16. The topological polar surface area (TPSA) is 32.7 Å². The van der Waals surface area contributed by atoms with Crippen LogP contribution in [0.5, 0.6) is 5.75 Å². The standard InChI is InChI=1S/C17H23NO2/c1-12(2)20-15-5-3-13(4-6-15)11-16-17(19)14-7-9-18(16)10-8-14/h3-6,11-12,14,17,19H,7-10H2,1-2H3/b16-11-/t17-/m0/s1. The maximum Gasteiger partial charge on any atom is 0.119 e. The number of nitrogens with zero attached hydrogens (tertiary/aromatic N) is 1. The summed E-state index contributed by atoms with van der Waals surface area (Å²) in [5.74, 6) is 1.35. The Balaban J connectivity index is 1.78. The van der Waals surface area contributed by atoms with Crippen LogP contribution in [0.15, 0.2) is 30.0 Å². The van der Waals surface area contributed by atoms with E-state index in [1.165, 1.54) is 0 Å². The highest BCUT2D eigenvalue weighted by Gasteiger charge is 2.36. The summed E-state index contributed by atoms with van der Waals surface area (Å²) in [5, 5.41) is 10.4. The van der Waals surface area contributed by atoms with E-state index in [4.69, 9.17) is 4.74 Å². The lowest BCUT2D eigenvalue weighted by atomic mass is 9.83. The van der Waals surface area contributed by atoms with E-state index in [0.717, 1.165) is 42.9 Å². The van der Waals surface area contributed by atoms with E-state index in [2.05, 4.69) is 23.1 Å². The molecule has 0 saturated carbocycles. The predicted molar refractivity (Wildman–Crippen MR) is 80.5 cm³/mol. The number of piperidine rings is 3. The van der Waals surface area contributed by atoms with Crippen LogP contribution in [-0.4, -0.2) is 35.3 Å². The smallest absolute Gasteiger partial charge is 0.119 e. The molecule has 0 radical (unpaired) electrons. The van der Waals surface area contributed by atoms with Gasteiger partial charge in [-0.1, -0.05) is 12.1 Å². The van der Waals surface area contributed by atoms with Crippen molar-refractivity contribution >= 4 is 6.08 Å². The largest absolute Gasteiger partial charge is 0.491 e. The fourth-order valence-corrected chi connectivity index (χ4v) is 3.16. The predicted octanol–water partition coefficient (Wildman–Crippen LogP) is 2.90. The average molecular weight is 273 g/mol. The second kappa shape index (κ2) is 5.49. The number of benzene rings is 1. The normalized spacial score (nSPS) is 27.4. The first kappa shape index (κ1) is 13.5. The van der Waals surface area contributed by atoms with Gasteiger partial charge in [0.05, 0.1) is 12.2 Å². The number of aliphatic hydroxyl groups excluding tert-OH is 1. The molecule has 108 valence electrons. The van der Waals surface area contributed by atoms with Gasteiger partial charge in [0.1, 0.15) is 5.75 Å². The Labute approximate surface area is 120 Å². The van der Waals surface area contributed by atoms with Crippen molar-refractivity contribution in [1.82, 2.24) is 4.90 Å². The van der Waals surface area contributed by atoms with Crippen LogP contribution in [0.1, 0.15) is 32.3 Å². The molecule has 3 heteroatoms. The summed E-state index contributed by atoms with van der Waals surface area (Å²) in [4.78, 5) is 2.32. The number of ether oxygens (including phenoxy) is 1. The zero-order chi connectivity index (χ0) is 14.1. The van der Waals surface area contributed by atoms with Gasteiger partial charge in [-0.15, -0.1) is 0 Å². The molecule has 0 aromatic heterocycles. The zero-order valence-corrected chi connectivity index (χ0v) is 12.2. The van der Waals surface area contributed by atoms with E-state index in [1.807, 2.05) is 26.0 Å². The van der Waals surface area contributed by atoms with Crippen molar-refractivity contribution in [3.63, 3.8) is 0 Å². The van der Waals surface area contributed by atoms with Crippen molar-refractivity contribution in [2.24, 2.45) is 5.92 Å². The van der Waals surface area contributed by atoms with Gasteiger partial charge >= 0.3 is 0 Å². The van der Waals surface area contributed by atoms with Gasteiger partial charge in [-0.05, 0) is 56.4 Å². The van der Waals surface area contributed by atoms with Gasteiger partial charge in [0.15, 0.2) is 0 Å². The fraction of sp³-hybridized carbons (Fsp3) is 0.529. The van der Waals surface area contributed by atoms with Crippen LogP contribution in [0.2, 0.25) is 0 Å². The molecule has 3 aliphatic heterocycles. The van der Waals surface area contributed by atoms with E-state index in [1.54, 1.807) is 0 Å². The molecule has 1 atom stereocenters. The minimum atomic E-state index is -0.288. The zero-order valence-electron chi connectivity index (χ0n) is 12.2. The first-order chi connectivity index (χ1) is 9.63. The third kappa shape index (κ3) is 2.68. The minimum absolute atomic E-state index is 0.196. The molecular formula is C17H23NO2. The highest BCUT2D eigenvalue weighted by atomic mass is 16.5. The molecule has 0 amide bonds. The first-order valence-corrected chi connectivity index (χ1v) is 7.55. The molecule has 0 aliphatic carbocycles. The highest BCUT2D eigenvalue weighted by molar-refractivity contribution is 5.55. The Morgan fingerprint density at radius 2 is 1.85 bits per heavy atom. The number of fused-ring (bicyclic) bond motifs is 3. The second-order valence-corrected chi connectivity index (χ2v) is 6.07. The maximum absolute atomic E-state index is 10.4. The van der Waals surface area contributed by atoms with Gasteiger partial charge in [-0.2, -0.15) is 0 Å². The van der Waals surface area contributed by atoms with Crippen LogP contribution in [0, 0.1) is 5.92 Å². The van der Waals surface area contributed by atoms with Crippen molar-refractivity contribution in [3.8, 4) is 5.75 Å². The molecule has 1 aromatic rings. The summed E-state index contributed by atoms with van der Waals surface area (Å²) in [6, 6.07) is 8.10. The number of hydrogen-bond donors (Lipinski definition) is 1. The summed E-state index contributed by atoms with van der Waals surface area (Å²) < 4.78 is 5.65. The molecule has 3 saturated heterocycles. The number of hydrogen-bond acceptors (Lipinski definition) is 3. The van der Waals surface area contributed by atoms with E-state index < -0.39 is 0 Å². The summed E-state index contributed by atoms with van der Waals surface area (Å²) in [5.41, 5.74) is 2.22. The van der Waals surface area contributed by atoms with Crippen molar-refractivity contribution in [2.75, 3.05) is 13.1 Å². The molecule has 0 spiro atoms. The van der Waals surface area contributed by atoms with Gasteiger partial charge < -0.3 is 14.7 Å². The van der Waals surface area contributed by atoms with Gasteiger partial charge in [0.2, 0.25) is 0 Å². The first-order valence-electron chi connectivity index (χ1n) is 7.55. The van der Waals surface area contributed by atoms with E-state index in [-0.39, 0.29) is 12.2 Å². The second-order valence-electron chi connectivity index (χ2n) is 6.07. The van der Waals surface area contributed by atoms with Crippen LogP contribution in [0.4, 0.5) is 0 Å². The lowest BCUT2D eigenvalue weighted by Crippen LogP contribution is -2.48. The quantitative estimate of drug-likeness (QED) is 0.919. The van der Waals surface area contributed by atoms with E-state index in [9.17, 15) is 5.11 Å². The van der Waals surface area contributed by atoms with Crippen molar-refractivity contribution in [2.45, 2.75) is 38.9 Å². The highest BCUT2D eigenvalue weighted by Crippen LogP contribution is 2.35. The molecule has 3 fully saturated rings. The van der Waals surface area contributed by atoms with Crippen LogP contribution < -0.4 is 4.74 Å². The van der Waals surface area contributed by atoms with Gasteiger partial charge in [0.25, 0.3) is 0 Å². The molecule has 3 heterocycles. The van der Waals surface area contributed by atoms with Crippen molar-refractivity contribution in [3.05, 3.63) is 35.5 Å². The van der Waals surface area contributed by atoms with Crippen LogP contribution in [-0.2, 0) is 0 Å². The summed E-state index contributed by atoms with van der Waals surface area (Å²) in [6.07, 6.45) is 4.28. The summed E-state index contributed by atoms with van der Waals surface area (Å²) in [6.45, 7) is 6.22. The SMILES string of the molecule is CC(C)Oc1ccc(/C=C2/[C@@H](O)C3CCN2CC3)cc1. The Kier molecular flexibility index (Phi) is 3.70. The van der Waals surface area contributed by atoms with Crippen molar-refractivity contribution in [1.29, 1.82) is 0 Å². The van der Waals surface area contributed by atoms with Gasteiger partial charge in [-0.25, -0.2) is 0 Å². The lowest BCUT2D eigenvalue weighted by molar-refractivity contribution is 0.0215. The Bertz CT molecular complexity index is 480. The third-order valence-electron chi connectivity index (χ3n) is 4.22. The number of aliphatic hydroxyl groups is 1. The maximum atomic E-state index is 10.4. The molecular weight excluding hydrogens is 250 g/mol. The number of rotatable bonds is 3. The Hall–Kier alpha value is -1.48. The van der Waals surface area contributed by atoms with Crippen LogP contribution >= 0.6 is 0 Å². The van der Waals surface area contributed by atoms with Gasteiger partial charge in [-0.3, -0.25) is 0 Å². The minimum Gasteiger partial charge on any atom is -0.491 e. The molecule has 3 aliphatic rings. The third-order valence-corrected chi connectivity index (χ3v) is 4.22. The summed E-state index contributed by atoms with van der Waals surface area (Å²) in [7, 11) is 0. The monoisotopic (exact) mass is 273 g/mol. The molecule has 0 unspecified atom stereocenters. The van der Waals surface area contributed by atoms with Crippen LogP contribution in [0.3, 0.4) is 0 Å².